The Morgan fingerprint density at radius 1 is 1.33 bits per heavy atom. The fraction of sp³-hybridized carbons (Fsp3) is 0.750. The SMILES string of the molecule is CCCCOC=CCC(F)(F)F. The molecule has 0 fully saturated rings. The minimum atomic E-state index is -4.12. The van der Waals surface area contributed by atoms with Crippen molar-refractivity contribution in [2.24, 2.45) is 0 Å². The average Bonchev–Trinajstić information content (AvgIpc) is 1.94. The van der Waals surface area contributed by atoms with Crippen molar-refractivity contribution in [2.75, 3.05) is 6.61 Å². The molecule has 1 nitrogen and oxygen atoms in total. The quantitative estimate of drug-likeness (QED) is 0.468. The number of unbranched alkanes of at least 4 members (excludes halogenated alkanes) is 1. The van der Waals surface area contributed by atoms with Gasteiger partial charge in [-0.15, -0.1) is 0 Å². The van der Waals surface area contributed by atoms with Crippen LogP contribution in [-0.4, -0.2) is 12.8 Å². The Morgan fingerprint density at radius 3 is 2.50 bits per heavy atom. The Morgan fingerprint density at radius 2 is 2.00 bits per heavy atom. The Kier molecular flexibility index (Phi) is 5.58. The second kappa shape index (κ2) is 5.91. The van der Waals surface area contributed by atoms with Crippen molar-refractivity contribution in [3.8, 4) is 0 Å². The Balaban J connectivity index is 3.26. The summed E-state index contributed by atoms with van der Waals surface area (Å²) in [4.78, 5) is 0. The van der Waals surface area contributed by atoms with E-state index in [1.165, 1.54) is 0 Å². The highest BCUT2D eigenvalue weighted by molar-refractivity contribution is 4.76. The summed E-state index contributed by atoms with van der Waals surface area (Å²) in [5.74, 6) is 0. The summed E-state index contributed by atoms with van der Waals surface area (Å²) in [6, 6.07) is 0. The Hall–Kier alpha value is -0.670. The molecule has 0 bridgehead atoms. The molecule has 72 valence electrons. The highest BCUT2D eigenvalue weighted by Crippen LogP contribution is 2.19. The summed E-state index contributed by atoms with van der Waals surface area (Å²) in [6.07, 6.45) is -1.09. The highest BCUT2D eigenvalue weighted by atomic mass is 19.4. The predicted molar refractivity (Wildman–Crippen MR) is 40.7 cm³/mol. The average molecular weight is 182 g/mol. The van der Waals surface area contributed by atoms with Gasteiger partial charge in [0.1, 0.15) is 0 Å². The van der Waals surface area contributed by atoms with Crippen molar-refractivity contribution in [3.63, 3.8) is 0 Å². The van der Waals surface area contributed by atoms with Gasteiger partial charge in [0.2, 0.25) is 0 Å². The molecule has 0 aromatic rings. The third-order valence-corrected chi connectivity index (χ3v) is 1.16. The van der Waals surface area contributed by atoms with Gasteiger partial charge in [0.05, 0.1) is 19.3 Å². The zero-order chi connectivity index (χ0) is 9.45. The second-order valence-corrected chi connectivity index (χ2v) is 2.42. The maximum Gasteiger partial charge on any atom is 0.392 e. The van der Waals surface area contributed by atoms with E-state index in [0.717, 1.165) is 25.2 Å². The smallest absolute Gasteiger partial charge is 0.392 e. The molecule has 12 heavy (non-hydrogen) atoms. The lowest BCUT2D eigenvalue weighted by Gasteiger charge is -2.01. The molecule has 0 aromatic heterocycles. The Bertz CT molecular complexity index is 129. The van der Waals surface area contributed by atoms with E-state index in [4.69, 9.17) is 4.74 Å². The third kappa shape index (κ3) is 9.33. The number of allylic oxidation sites excluding steroid dienone is 1. The monoisotopic (exact) mass is 182 g/mol. The Labute approximate surface area is 70.2 Å². The number of alkyl halides is 3. The molecule has 0 N–H and O–H groups in total. The van der Waals surface area contributed by atoms with Crippen LogP contribution in [0.25, 0.3) is 0 Å². The first-order chi connectivity index (χ1) is 5.56. The molecule has 0 unspecified atom stereocenters. The van der Waals surface area contributed by atoms with Gasteiger partial charge in [-0.05, 0) is 12.5 Å². The molecule has 0 aliphatic heterocycles. The van der Waals surface area contributed by atoms with Crippen molar-refractivity contribution >= 4 is 0 Å². The topological polar surface area (TPSA) is 9.23 Å². The zero-order valence-electron chi connectivity index (χ0n) is 7.03. The number of rotatable bonds is 5. The molecule has 0 radical (unpaired) electrons. The predicted octanol–water partition coefficient (Wildman–Crippen LogP) is 3.27. The molecule has 0 saturated heterocycles. The molecular formula is C8H13F3O. The van der Waals surface area contributed by atoms with E-state index in [1.54, 1.807) is 0 Å². The van der Waals surface area contributed by atoms with Crippen LogP contribution < -0.4 is 0 Å². The van der Waals surface area contributed by atoms with Gasteiger partial charge in [0, 0.05) is 0 Å². The summed E-state index contributed by atoms with van der Waals surface area (Å²) in [6.45, 7) is 2.48. The number of hydrogen-bond donors (Lipinski definition) is 0. The molecule has 0 atom stereocenters. The van der Waals surface area contributed by atoms with Crippen molar-refractivity contribution < 1.29 is 17.9 Å². The van der Waals surface area contributed by atoms with Gasteiger partial charge in [-0.25, -0.2) is 0 Å². The van der Waals surface area contributed by atoms with E-state index in [9.17, 15) is 13.2 Å². The van der Waals surface area contributed by atoms with E-state index in [2.05, 4.69) is 0 Å². The summed E-state index contributed by atoms with van der Waals surface area (Å²) in [5.41, 5.74) is 0. The van der Waals surface area contributed by atoms with Crippen LogP contribution in [0.2, 0.25) is 0 Å². The van der Waals surface area contributed by atoms with Crippen molar-refractivity contribution in [3.05, 3.63) is 12.3 Å². The van der Waals surface area contributed by atoms with Crippen molar-refractivity contribution in [1.82, 2.24) is 0 Å². The first kappa shape index (κ1) is 11.3. The van der Waals surface area contributed by atoms with Gasteiger partial charge in [-0.1, -0.05) is 13.3 Å². The fourth-order valence-corrected chi connectivity index (χ4v) is 0.545. The van der Waals surface area contributed by atoms with E-state index in [-0.39, 0.29) is 0 Å². The van der Waals surface area contributed by atoms with E-state index >= 15 is 0 Å². The summed E-state index contributed by atoms with van der Waals surface area (Å²) >= 11 is 0. The lowest BCUT2D eigenvalue weighted by Crippen LogP contribution is -2.04. The normalized spacial score (nSPS) is 12.3. The van der Waals surface area contributed by atoms with Gasteiger partial charge < -0.3 is 4.74 Å². The summed E-state index contributed by atoms with van der Waals surface area (Å²) in [5, 5.41) is 0. The van der Waals surface area contributed by atoms with E-state index in [1.807, 2.05) is 6.92 Å². The van der Waals surface area contributed by atoms with Gasteiger partial charge in [0.25, 0.3) is 0 Å². The third-order valence-electron chi connectivity index (χ3n) is 1.16. The maximum atomic E-state index is 11.5. The van der Waals surface area contributed by atoms with Crippen LogP contribution in [0.15, 0.2) is 12.3 Å². The number of ether oxygens (including phenoxy) is 1. The molecule has 0 saturated carbocycles. The van der Waals surface area contributed by atoms with E-state index < -0.39 is 12.6 Å². The van der Waals surface area contributed by atoms with Crippen LogP contribution >= 0.6 is 0 Å². The molecule has 0 aliphatic rings. The standard InChI is InChI=1S/C8H13F3O/c1-2-3-6-12-7-4-5-8(9,10)11/h4,7H,2-3,5-6H2,1H3. The summed E-state index contributed by atoms with van der Waals surface area (Å²) in [7, 11) is 0. The van der Waals surface area contributed by atoms with Crippen LogP contribution in [0.1, 0.15) is 26.2 Å². The first-order valence-electron chi connectivity index (χ1n) is 3.89. The number of halogens is 3. The minimum absolute atomic E-state index is 0.491. The maximum absolute atomic E-state index is 11.5. The summed E-state index contributed by atoms with van der Waals surface area (Å²) < 4.78 is 39.4. The fourth-order valence-electron chi connectivity index (χ4n) is 0.545. The van der Waals surface area contributed by atoms with Crippen LogP contribution in [0, 0.1) is 0 Å². The molecule has 0 aromatic carbocycles. The highest BCUT2D eigenvalue weighted by Gasteiger charge is 2.24. The van der Waals surface area contributed by atoms with Gasteiger partial charge in [-0.2, -0.15) is 13.2 Å². The molecular weight excluding hydrogens is 169 g/mol. The first-order valence-corrected chi connectivity index (χ1v) is 3.89. The number of hydrogen-bond acceptors (Lipinski definition) is 1. The van der Waals surface area contributed by atoms with Crippen LogP contribution in [0.3, 0.4) is 0 Å². The van der Waals surface area contributed by atoms with Crippen LogP contribution in [0.5, 0.6) is 0 Å². The molecule has 0 aliphatic carbocycles. The van der Waals surface area contributed by atoms with Gasteiger partial charge in [-0.3, -0.25) is 0 Å². The zero-order valence-corrected chi connectivity index (χ0v) is 7.03. The van der Waals surface area contributed by atoms with Crippen LogP contribution in [0.4, 0.5) is 13.2 Å². The largest absolute Gasteiger partial charge is 0.502 e. The second-order valence-electron chi connectivity index (χ2n) is 2.42. The lowest BCUT2D eigenvalue weighted by molar-refractivity contribution is -0.125. The molecule has 0 heterocycles. The van der Waals surface area contributed by atoms with Gasteiger partial charge in [0.15, 0.2) is 0 Å². The van der Waals surface area contributed by atoms with Crippen molar-refractivity contribution in [1.29, 1.82) is 0 Å². The molecule has 4 heteroatoms. The van der Waals surface area contributed by atoms with Crippen molar-refractivity contribution in [2.45, 2.75) is 32.4 Å². The lowest BCUT2D eigenvalue weighted by atomic mass is 10.4. The molecule has 0 amide bonds. The van der Waals surface area contributed by atoms with Crippen LogP contribution in [-0.2, 0) is 4.74 Å². The molecule has 0 rings (SSSR count). The minimum Gasteiger partial charge on any atom is -0.502 e. The van der Waals surface area contributed by atoms with Gasteiger partial charge >= 0.3 is 6.18 Å². The van der Waals surface area contributed by atoms with E-state index in [0.29, 0.717) is 6.61 Å². The molecule has 0 spiro atoms.